The molecule has 2 aromatic heterocycles. The summed E-state index contributed by atoms with van der Waals surface area (Å²) in [7, 11) is 0. The number of fused-ring (bicyclic) bond motifs is 1. The first-order valence-electron chi connectivity index (χ1n) is 11.9. The number of carbonyl (C=O) groups is 2. The molecule has 0 aliphatic carbocycles. The lowest BCUT2D eigenvalue weighted by Crippen LogP contribution is -2.42. The van der Waals surface area contributed by atoms with Crippen molar-refractivity contribution in [2.75, 3.05) is 39.4 Å². The number of amides is 1. The predicted molar refractivity (Wildman–Crippen MR) is 124 cm³/mol. The zero-order valence-electron chi connectivity index (χ0n) is 19.7. The molecule has 2 saturated heterocycles. The van der Waals surface area contributed by atoms with Gasteiger partial charge in [0.2, 0.25) is 0 Å². The van der Waals surface area contributed by atoms with Crippen LogP contribution < -0.4 is 15.7 Å². The fourth-order valence-corrected chi connectivity index (χ4v) is 4.68. The number of hydrogen-bond acceptors (Lipinski definition) is 7. The molecule has 1 aromatic carbocycles. The van der Waals surface area contributed by atoms with E-state index in [1.165, 1.54) is 9.42 Å². The average molecular weight is 519 g/mol. The number of carbonyl (C=O) groups excluding carboxylic acids is 2. The van der Waals surface area contributed by atoms with Crippen LogP contribution in [0, 0.1) is 0 Å². The van der Waals surface area contributed by atoms with Crippen LogP contribution in [0.1, 0.15) is 34.8 Å². The molecule has 0 radical (unpaired) electrons. The number of nitrogens with one attached hydrogen (secondary N) is 1. The Bertz CT molecular complexity index is 1370. The Morgan fingerprint density at radius 2 is 1.76 bits per heavy atom. The molecule has 3 aromatic rings. The highest BCUT2D eigenvalue weighted by molar-refractivity contribution is 6.05. The van der Waals surface area contributed by atoms with Gasteiger partial charge >= 0.3 is 12.1 Å². The van der Waals surface area contributed by atoms with E-state index in [9.17, 15) is 27.6 Å². The number of alkyl halides is 3. The monoisotopic (exact) mass is 519 g/mol. The number of ether oxygens (including phenoxy) is 1. The van der Waals surface area contributed by atoms with Crippen LogP contribution in [0.25, 0.3) is 16.9 Å². The van der Waals surface area contributed by atoms with Gasteiger partial charge in [0.05, 0.1) is 18.9 Å². The molecule has 0 spiro atoms. The molecule has 1 N–H and O–H groups in total. The van der Waals surface area contributed by atoms with Gasteiger partial charge in [-0.1, -0.05) is 30.3 Å². The molecule has 1 amide bonds. The quantitative estimate of drug-likeness (QED) is 0.558. The average Bonchev–Trinajstić information content (AvgIpc) is 3.31. The zero-order valence-corrected chi connectivity index (χ0v) is 19.7. The maximum absolute atomic E-state index is 13.8. The van der Waals surface area contributed by atoms with Crippen molar-refractivity contribution in [3.05, 3.63) is 58.0 Å². The minimum atomic E-state index is -5.36. The van der Waals surface area contributed by atoms with Gasteiger partial charge in [0, 0.05) is 30.6 Å². The molecule has 0 bridgehead atoms. The minimum absolute atomic E-state index is 0.129. The van der Waals surface area contributed by atoms with Gasteiger partial charge in [0.1, 0.15) is 11.3 Å². The third-order valence-corrected chi connectivity index (χ3v) is 6.49. The van der Waals surface area contributed by atoms with E-state index < -0.39 is 23.6 Å². The van der Waals surface area contributed by atoms with Crippen LogP contribution in [-0.4, -0.2) is 76.7 Å². The SMILES string of the molecule is O=C(c1c(-c2ccccc2)nn2c(C3CCNCC3)cc(=O)n(OC(=O)C(F)(F)F)c12)N1CCOCC1. The lowest BCUT2D eigenvalue weighted by molar-refractivity contribution is -0.199. The number of benzene rings is 1. The lowest BCUT2D eigenvalue weighted by Gasteiger charge is -2.27. The van der Waals surface area contributed by atoms with Crippen LogP contribution in [0.4, 0.5) is 13.2 Å². The van der Waals surface area contributed by atoms with Gasteiger partial charge in [-0.25, -0.2) is 9.31 Å². The number of piperidine rings is 1. The Morgan fingerprint density at radius 3 is 2.41 bits per heavy atom. The summed E-state index contributed by atoms with van der Waals surface area (Å²) < 4.78 is 46.3. The van der Waals surface area contributed by atoms with E-state index in [4.69, 9.17) is 4.74 Å². The van der Waals surface area contributed by atoms with Crippen LogP contribution in [0.3, 0.4) is 0 Å². The Balaban J connectivity index is 1.80. The van der Waals surface area contributed by atoms with E-state index in [0.717, 1.165) is 6.07 Å². The molecular formula is C24H24F3N5O5. The maximum atomic E-state index is 13.8. The molecule has 13 heteroatoms. The standard InChI is InChI=1S/C24H24F3N5O5/c25-24(26,27)23(35)37-32-18(33)14-17(15-6-8-28-9-7-15)31-21(32)19(22(34)30-10-12-36-13-11-30)20(29-31)16-4-2-1-3-5-16/h1-5,14-15,28H,6-13H2. The lowest BCUT2D eigenvalue weighted by atomic mass is 9.94. The molecule has 37 heavy (non-hydrogen) atoms. The summed E-state index contributed by atoms with van der Waals surface area (Å²) in [5.41, 5.74) is -0.354. The molecular weight excluding hydrogens is 495 g/mol. The van der Waals surface area contributed by atoms with Crippen molar-refractivity contribution < 1.29 is 32.3 Å². The minimum Gasteiger partial charge on any atom is -0.378 e. The van der Waals surface area contributed by atoms with Crippen molar-refractivity contribution in [2.24, 2.45) is 0 Å². The number of hydrogen-bond donors (Lipinski definition) is 1. The van der Waals surface area contributed by atoms with Crippen LogP contribution in [0.2, 0.25) is 0 Å². The summed E-state index contributed by atoms with van der Waals surface area (Å²) in [5, 5.41) is 7.86. The fraction of sp³-hybridized carbons (Fsp3) is 0.417. The zero-order chi connectivity index (χ0) is 26.2. The number of rotatable bonds is 4. The topological polar surface area (TPSA) is 107 Å². The summed E-state index contributed by atoms with van der Waals surface area (Å²) in [6, 6.07) is 9.75. The number of aromatic nitrogens is 3. The van der Waals surface area contributed by atoms with E-state index in [2.05, 4.69) is 15.3 Å². The summed E-state index contributed by atoms with van der Waals surface area (Å²) >= 11 is 0. The Morgan fingerprint density at radius 1 is 1.08 bits per heavy atom. The molecule has 2 aliphatic rings. The highest BCUT2D eigenvalue weighted by atomic mass is 19.4. The second-order valence-electron chi connectivity index (χ2n) is 8.83. The van der Waals surface area contributed by atoms with Crippen LogP contribution in [0.15, 0.2) is 41.2 Å². The van der Waals surface area contributed by atoms with Crippen molar-refractivity contribution in [2.45, 2.75) is 24.9 Å². The first kappa shape index (κ1) is 25.0. The summed E-state index contributed by atoms with van der Waals surface area (Å²) in [5.74, 6) is -3.30. The number of nitrogens with zero attached hydrogens (tertiary/aromatic N) is 4. The second kappa shape index (κ2) is 9.98. The predicted octanol–water partition coefficient (Wildman–Crippen LogP) is 1.62. The van der Waals surface area contributed by atoms with Gasteiger partial charge in [-0.2, -0.15) is 18.3 Å². The molecule has 0 unspecified atom stereocenters. The summed E-state index contributed by atoms with van der Waals surface area (Å²) in [4.78, 5) is 44.9. The first-order valence-corrected chi connectivity index (χ1v) is 11.9. The second-order valence-corrected chi connectivity index (χ2v) is 8.83. The number of halogens is 3. The van der Waals surface area contributed by atoms with Crippen LogP contribution >= 0.6 is 0 Å². The molecule has 0 saturated carbocycles. The first-order chi connectivity index (χ1) is 17.8. The van der Waals surface area contributed by atoms with E-state index >= 15 is 0 Å². The van der Waals surface area contributed by atoms with Gasteiger partial charge in [0.15, 0.2) is 5.65 Å². The van der Waals surface area contributed by atoms with Crippen molar-refractivity contribution in [1.82, 2.24) is 24.6 Å². The highest BCUT2D eigenvalue weighted by Gasteiger charge is 2.43. The largest absolute Gasteiger partial charge is 0.493 e. The fourth-order valence-electron chi connectivity index (χ4n) is 4.68. The highest BCUT2D eigenvalue weighted by Crippen LogP contribution is 2.31. The number of morpholine rings is 1. The summed E-state index contributed by atoms with van der Waals surface area (Å²) in [6.45, 7) is 2.38. The molecule has 196 valence electrons. The van der Waals surface area contributed by atoms with Gasteiger partial charge in [-0.3, -0.25) is 9.59 Å². The van der Waals surface area contributed by atoms with Gasteiger partial charge < -0.3 is 19.8 Å². The van der Waals surface area contributed by atoms with Crippen molar-refractivity contribution in [1.29, 1.82) is 0 Å². The molecule has 2 aliphatic heterocycles. The van der Waals surface area contributed by atoms with Crippen molar-refractivity contribution >= 4 is 17.5 Å². The molecule has 0 atom stereocenters. The summed E-state index contributed by atoms with van der Waals surface area (Å²) in [6.07, 6.45) is -4.07. The Hall–Kier alpha value is -3.71. The van der Waals surface area contributed by atoms with Crippen molar-refractivity contribution in [3.63, 3.8) is 0 Å². The van der Waals surface area contributed by atoms with Crippen LogP contribution in [0.5, 0.6) is 0 Å². The molecule has 5 rings (SSSR count). The van der Waals surface area contributed by atoms with E-state index in [1.807, 2.05) is 0 Å². The molecule has 4 heterocycles. The van der Waals surface area contributed by atoms with E-state index in [0.29, 0.717) is 37.2 Å². The smallest absolute Gasteiger partial charge is 0.378 e. The van der Waals surface area contributed by atoms with Gasteiger partial charge in [-0.15, -0.1) is 4.73 Å². The third-order valence-electron chi connectivity index (χ3n) is 6.49. The van der Waals surface area contributed by atoms with Crippen molar-refractivity contribution in [3.8, 4) is 11.3 Å². The normalized spacial score (nSPS) is 17.2. The maximum Gasteiger partial charge on any atom is 0.493 e. The third kappa shape index (κ3) is 4.83. The van der Waals surface area contributed by atoms with Crippen LogP contribution in [-0.2, 0) is 9.53 Å². The molecule has 2 fully saturated rings. The molecule has 10 nitrogen and oxygen atoms in total. The Labute approximate surface area is 208 Å². The van der Waals surface area contributed by atoms with E-state index in [1.54, 1.807) is 30.3 Å². The van der Waals surface area contributed by atoms with E-state index in [-0.39, 0.29) is 53.9 Å². The van der Waals surface area contributed by atoms with Gasteiger partial charge in [0.25, 0.3) is 11.5 Å². The Kier molecular flexibility index (Phi) is 6.73. The van der Waals surface area contributed by atoms with Gasteiger partial charge in [-0.05, 0) is 25.9 Å².